The molecule has 0 aromatic heterocycles. The molecule has 1 aromatic rings. The average Bonchev–Trinajstić information content (AvgIpc) is 2.35. The third-order valence-electron chi connectivity index (χ3n) is 2.65. The van der Waals surface area contributed by atoms with E-state index in [0.29, 0.717) is 24.4 Å². The van der Waals surface area contributed by atoms with Crippen molar-refractivity contribution in [1.29, 1.82) is 0 Å². The Balaban J connectivity index is 1.99. The van der Waals surface area contributed by atoms with Crippen LogP contribution >= 0.6 is 0 Å². The predicted molar refractivity (Wildman–Crippen MR) is 62.4 cm³/mol. The van der Waals surface area contributed by atoms with E-state index in [1.165, 1.54) is 12.1 Å². The number of ether oxygens (including phenoxy) is 1. The Morgan fingerprint density at radius 3 is 3.06 bits per heavy atom. The molecular formula is C12H15FN2O2. The number of carbonyl (C=O) groups is 1. The summed E-state index contributed by atoms with van der Waals surface area (Å²) in [7, 11) is 0. The quantitative estimate of drug-likeness (QED) is 0.810. The Kier molecular flexibility index (Phi) is 3.71. The summed E-state index contributed by atoms with van der Waals surface area (Å²) >= 11 is 0. The molecule has 5 heteroatoms. The van der Waals surface area contributed by atoms with E-state index in [1.807, 2.05) is 0 Å². The molecule has 2 N–H and O–H groups in total. The molecule has 4 nitrogen and oxygen atoms in total. The van der Waals surface area contributed by atoms with Crippen molar-refractivity contribution in [1.82, 2.24) is 5.32 Å². The van der Waals surface area contributed by atoms with Gasteiger partial charge in [-0.1, -0.05) is 0 Å². The third-order valence-corrected chi connectivity index (χ3v) is 2.65. The van der Waals surface area contributed by atoms with Gasteiger partial charge in [-0.3, -0.25) is 4.79 Å². The maximum absolute atomic E-state index is 13.0. The lowest BCUT2D eigenvalue weighted by molar-refractivity contribution is -0.128. The molecule has 1 unspecified atom stereocenters. The molecule has 0 bridgehead atoms. The number of benzene rings is 1. The highest BCUT2D eigenvalue weighted by Gasteiger charge is 2.21. The van der Waals surface area contributed by atoms with Gasteiger partial charge in [0.25, 0.3) is 5.91 Å². The zero-order valence-electron chi connectivity index (χ0n) is 9.63. The van der Waals surface area contributed by atoms with Crippen LogP contribution in [0, 0.1) is 12.7 Å². The van der Waals surface area contributed by atoms with Crippen molar-refractivity contribution in [2.24, 2.45) is 0 Å². The first-order valence-corrected chi connectivity index (χ1v) is 5.56. The van der Waals surface area contributed by atoms with Gasteiger partial charge in [-0.15, -0.1) is 0 Å². The average molecular weight is 238 g/mol. The molecule has 92 valence electrons. The van der Waals surface area contributed by atoms with Crippen molar-refractivity contribution in [3.8, 4) is 0 Å². The van der Waals surface area contributed by atoms with Crippen molar-refractivity contribution in [2.75, 3.05) is 25.0 Å². The molecule has 1 saturated heterocycles. The van der Waals surface area contributed by atoms with Crippen LogP contribution in [-0.4, -0.2) is 31.7 Å². The normalized spacial score (nSPS) is 20.0. The topological polar surface area (TPSA) is 50.4 Å². The van der Waals surface area contributed by atoms with Crippen LogP contribution in [0.15, 0.2) is 18.2 Å². The molecule has 0 radical (unpaired) electrons. The lowest BCUT2D eigenvalue weighted by Crippen LogP contribution is -2.45. The lowest BCUT2D eigenvalue weighted by Gasteiger charge is -2.22. The number of morpholine rings is 1. The number of nitrogens with one attached hydrogen (secondary N) is 2. The minimum atomic E-state index is -0.478. The van der Waals surface area contributed by atoms with E-state index in [4.69, 9.17) is 4.74 Å². The second-order valence-electron chi connectivity index (χ2n) is 4.02. The summed E-state index contributed by atoms with van der Waals surface area (Å²) in [6, 6.07) is 4.48. The lowest BCUT2D eigenvalue weighted by atomic mass is 10.2. The van der Waals surface area contributed by atoms with E-state index in [-0.39, 0.29) is 11.7 Å². The van der Waals surface area contributed by atoms with Crippen molar-refractivity contribution < 1.29 is 13.9 Å². The molecule has 1 amide bonds. The van der Waals surface area contributed by atoms with Gasteiger partial charge >= 0.3 is 0 Å². The number of halogens is 1. The van der Waals surface area contributed by atoms with Crippen LogP contribution in [0.3, 0.4) is 0 Å². The monoisotopic (exact) mass is 238 g/mol. The molecular weight excluding hydrogens is 223 g/mol. The van der Waals surface area contributed by atoms with Gasteiger partial charge in [0.1, 0.15) is 11.9 Å². The highest BCUT2D eigenvalue weighted by Crippen LogP contribution is 2.14. The van der Waals surface area contributed by atoms with Crippen molar-refractivity contribution in [3.05, 3.63) is 29.6 Å². The van der Waals surface area contributed by atoms with Crippen LogP contribution in [0.4, 0.5) is 10.1 Å². The van der Waals surface area contributed by atoms with Crippen LogP contribution in [-0.2, 0) is 9.53 Å². The fourth-order valence-electron chi connectivity index (χ4n) is 1.68. The summed E-state index contributed by atoms with van der Waals surface area (Å²) in [5, 5.41) is 5.79. The molecule has 1 aromatic carbocycles. The summed E-state index contributed by atoms with van der Waals surface area (Å²) in [5.74, 6) is -0.484. The minimum Gasteiger partial charge on any atom is -0.366 e. The first-order valence-electron chi connectivity index (χ1n) is 5.56. The molecule has 1 atom stereocenters. The van der Waals surface area contributed by atoms with E-state index < -0.39 is 6.10 Å². The van der Waals surface area contributed by atoms with Crippen molar-refractivity contribution in [3.63, 3.8) is 0 Å². The predicted octanol–water partition coefficient (Wildman–Crippen LogP) is 1.06. The van der Waals surface area contributed by atoms with E-state index in [2.05, 4.69) is 10.6 Å². The fraction of sp³-hybridized carbons (Fsp3) is 0.417. The molecule has 1 aliphatic rings. The van der Waals surface area contributed by atoms with Gasteiger partial charge in [-0.2, -0.15) is 0 Å². The number of carbonyl (C=O) groups excluding carboxylic acids is 1. The first kappa shape index (κ1) is 12.0. The summed E-state index contributed by atoms with van der Waals surface area (Å²) in [6.45, 7) is 3.45. The smallest absolute Gasteiger partial charge is 0.254 e. The van der Waals surface area contributed by atoms with Gasteiger partial charge in [0.15, 0.2) is 0 Å². The van der Waals surface area contributed by atoms with Gasteiger partial charge in [0, 0.05) is 18.8 Å². The first-order chi connectivity index (χ1) is 8.16. The molecule has 0 aliphatic carbocycles. The zero-order chi connectivity index (χ0) is 12.3. The number of hydrogen-bond donors (Lipinski definition) is 2. The van der Waals surface area contributed by atoms with Gasteiger partial charge in [0.05, 0.1) is 6.61 Å². The Labute approximate surface area is 99.2 Å². The highest BCUT2D eigenvalue weighted by molar-refractivity contribution is 5.94. The van der Waals surface area contributed by atoms with E-state index >= 15 is 0 Å². The summed E-state index contributed by atoms with van der Waals surface area (Å²) in [4.78, 5) is 11.8. The van der Waals surface area contributed by atoms with Crippen LogP contribution < -0.4 is 10.6 Å². The number of rotatable bonds is 2. The Bertz CT molecular complexity index is 417. The van der Waals surface area contributed by atoms with Crippen molar-refractivity contribution in [2.45, 2.75) is 13.0 Å². The molecule has 0 spiro atoms. The Hall–Kier alpha value is -1.46. The largest absolute Gasteiger partial charge is 0.366 e. The van der Waals surface area contributed by atoms with Gasteiger partial charge in [-0.05, 0) is 30.7 Å². The number of aryl methyl sites for hydroxylation is 1. The summed E-state index contributed by atoms with van der Waals surface area (Å²) < 4.78 is 18.4. The fourth-order valence-corrected chi connectivity index (χ4v) is 1.68. The second kappa shape index (κ2) is 5.25. The van der Waals surface area contributed by atoms with Crippen LogP contribution in [0.1, 0.15) is 5.56 Å². The molecule has 1 fully saturated rings. The van der Waals surface area contributed by atoms with E-state index in [9.17, 15) is 9.18 Å². The Morgan fingerprint density at radius 1 is 1.59 bits per heavy atom. The van der Waals surface area contributed by atoms with Crippen LogP contribution in [0.25, 0.3) is 0 Å². The maximum atomic E-state index is 13.0. The third kappa shape index (κ3) is 3.01. The molecule has 0 saturated carbocycles. The van der Waals surface area contributed by atoms with Gasteiger partial charge in [-0.25, -0.2) is 4.39 Å². The molecule has 2 rings (SSSR count). The van der Waals surface area contributed by atoms with Gasteiger partial charge < -0.3 is 15.4 Å². The maximum Gasteiger partial charge on any atom is 0.254 e. The SMILES string of the molecule is Cc1cc(NC(=O)C2CNCCO2)ccc1F. The summed E-state index contributed by atoms with van der Waals surface area (Å²) in [6.07, 6.45) is -0.478. The number of anilines is 1. The van der Waals surface area contributed by atoms with Gasteiger partial charge in [0.2, 0.25) is 0 Å². The number of hydrogen-bond acceptors (Lipinski definition) is 3. The molecule has 17 heavy (non-hydrogen) atoms. The molecule has 1 heterocycles. The standard InChI is InChI=1S/C12H15FN2O2/c1-8-6-9(2-3-10(8)13)15-12(16)11-7-14-4-5-17-11/h2-3,6,11,14H,4-5,7H2,1H3,(H,15,16). The Morgan fingerprint density at radius 2 is 2.41 bits per heavy atom. The molecule has 1 aliphatic heterocycles. The van der Waals surface area contributed by atoms with Crippen LogP contribution in [0.2, 0.25) is 0 Å². The zero-order valence-corrected chi connectivity index (χ0v) is 9.63. The van der Waals surface area contributed by atoms with E-state index in [0.717, 1.165) is 6.54 Å². The minimum absolute atomic E-state index is 0.205. The summed E-state index contributed by atoms with van der Waals surface area (Å²) in [5.41, 5.74) is 1.09. The highest BCUT2D eigenvalue weighted by atomic mass is 19.1. The van der Waals surface area contributed by atoms with Crippen LogP contribution in [0.5, 0.6) is 0 Å². The number of amides is 1. The van der Waals surface area contributed by atoms with E-state index in [1.54, 1.807) is 13.0 Å². The van der Waals surface area contributed by atoms with Crippen molar-refractivity contribution >= 4 is 11.6 Å². The second-order valence-corrected chi connectivity index (χ2v) is 4.02.